The highest BCUT2D eigenvalue weighted by atomic mass is 35.5. The number of aliphatic hydroxyl groups is 1. The van der Waals surface area contributed by atoms with Crippen molar-refractivity contribution in [3.8, 4) is 0 Å². The topological polar surface area (TPSA) is 55.1 Å². The second kappa shape index (κ2) is 6.18. The van der Waals surface area contributed by atoms with Crippen molar-refractivity contribution >= 4 is 11.6 Å². The van der Waals surface area contributed by atoms with Crippen LogP contribution >= 0.6 is 11.6 Å². The third-order valence-corrected chi connectivity index (χ3v) is 3.65. The van der Waals surface area contributed by atoms with Gasteiger partial charge in [0.25, 0.3) is 5.56 Å². The maximum atomic E-state index is 13.4. The van der Waals surface area contributed by atoms with Gasteiger partial charge in [-0.05, 0) is 17.7 Å². The Balaban J connectivity index is 2.23. The van der Waals surface area contributed by atoms with Gasteiger partial charge in [-0.2, -0.15) is 0 Å². The summed E-state index contributed by atoms with van der Waals surface area (Å²) in [6.45, 7) is 5.89. The molecule has 1 atom stereocenters. The molecule has 1 aromatic heterocycles. The van der Waals surface area contributed by atoms with Crippen LogP contribution in [0.2, 0.25) is 5.02 Å². The largest absolute Gasteiger partial charge is 0.387 e. The van der Waals surface area contributed by atoms with Crippen LogP contribution in [0.5, 0.6) is 0 Å². The van der Waals surface area contributed by atoms with Crippen molar-refractivity contribution in [3.63, 3.8) is 0 Å². The average molecular weight is 325 g/mol. The molecule has 6 heteroatoms. The first-order valence-electron chi connectivity index (χ1n) is 6.88. The molecular weight excluding hydrogens is 307 g/mol. The van der Waals surface area contributed by atoms with Gasteiger partial charge in [-0.3, -0.25) is 9.36 Å². The van der Waals surface area contributed by atoms with E-state index in [0.29, 0.717) is 11.3 Å². The first kappa shape index (κ1) is 16.6. The summed E-state index contributed by atoms with van der Waals surface area (Å²) in [5, 5.41) is 10.1. The third kappa shape index (κ3) is 3.72. The predicted molar refractivity (Wildman–Crippen MR) is 83.6 cm³/mol. The van der Waals surface area contributed by atoms with Crippen LogP contribution in [0.4, 0.5) is 4.39 Å². The summed E-state index contributed by atoms with van der Waals surface area (Å²) in [6, 6.07) is 5.52. The van der Waals surface area contributed by atoms with E-state index in [2.05, 4.69) is 4.98 Å². The molecule has 0 aliphatic carbocycles. The highest BCUT2D eigenvalue weighted by Crippen LogP contribution is 2.21. The fraction of sp³-hybridized carbons (Fsp3) is 0.375. The lowest BCUT2D eigenvalue weighted by molar-refractivity contribution is 0.154. The molecule has 0 saturated carbocycles. The zero-order chi connectivity index (χ0) is 16.5. The van der Waals surface area contributed by atoms with Crippen LogP contribution in [0.15, 0.2) is 35.4 Å². The Morgan fingerprint density at radius 3 is 2.59 bits per heavy atom. The zero-order valence-corrected chi connectivity index (χ0v) is 13.4. The van der Waals surface area contributed by atoms with Gasteiger partial charge >= 0.3 is 0 Å². The predicted octanol–water partition coefficient (Wildman–Crippen LogP) is 3.07. The molecule has 1 N–H and O–H groups in total. The highest BCUT2D eigenvalue weighted by molar-refractivity contribution is 6.30. The molecule has 2 aromatic rings. The Bertz CT molecular complexity index is 738. The summed E-state index contributed by atoms with van der Waals surface area (Å²) in [4.78, 5) is 16.3. The monoisotopic (exact) mass is 324 g/mol. The highest BCUT2D eigenvalue weighted by Gasteiger charge is 2.17. The first-order chi connectivity index (χ1) is 10.2. The second-order valence-corrected chi connectivity index (χ2v) is 6.61. The Morgan fingerprint density at radius 1 is 1.36 bits per heavy atom. The molecule has 0 saturated heterocycles. The maximum absolute atomic E-state index is 13.4. The molecular formula is C16H18ClFN2O2. The fourth-order valence-corrected chi connectivity index (χ4v) is 2.10. The SMILES string of the molecule is CC(C)(C)c1cc(=O)n(CC(O)c2ccc(Cl)c(F)c2)cn1. The summed E-state index contributed by atoms with van der Waals surface area (Å²) in [6.07, 6.45) is 0.380. The number of nitrogens with zero attached hydrogens (tertiary/aromatic N) is 2. The maximum Gasteiger partial charge on any atom is 0.253 e. The van der Waals surface area contributed by atoms with E-state index in [9.17, 15) is 14.3 Å². The lowest BCUT2D eigenvalue weighted by atomic mass is 9.92. The van der Waals surface area contributed by atoms with Gasteiger partial charge in [0.15, 0.2) is 0 Å². The normalized spacial score (nSPS) is 13.2. The molecule has 1 heterocycles. The van der Waals surface area contributed by atoms with Crippen LogP contribution in [0, 0.1) is 5.82 Å². The Labute approximate surface area is 133 Å². The van der Waals surface area contributed by atoms with E-state index in [1.807, 2.05) is 20.8 Å². The van der Waals surface area contributed by atoms with Crippen molar-refractivity contribution in [2.75, 3.05) is 0 Å². The summed E-state index contributed by atoms with van der Waals surface area (Å²) >= 11 is 5.61. The molecule has 22 heavy (non-hydrogen) atoms. The molecule has 0 radical (unpaired) electrons. The van der Waals surface area contributed by atoms with E-state index in [1.54, 1.807) is 0 Å². The lowest BCUT2D eigenvalue weighted by Gasteiger charge is -2.18. The molecule has 0 aliphatic rings. The number of benzene rings is 1. The van der Waals surface area contributed by atoms with E-state index in [4.69, 9.17) is 11.6 Å². The number of aliphatic hydroxyl groups excluding tert-OH is 1. The van der Waals surface area contributed by atoms with Gasteiger partial charge < -0.3 is 5.11 Å². The number of hydrogen-bond acceptors (Lipinski definition) is 3. The fourth-order valence-electron chi connectivity index (χ4n) is 1.98. The molecule has 0 spiro atoms. The minimum Gasteiger partial charge on any atom is -0.387 e. The third-order valence-electron chi connectivity index (χ3n) is 3.35. The van der Waals surface area contributed by atoms with Gasteiger partial charge in [-0.1, -0.05) is 38.4 Å². The molecule has 1 aromatic carbocycles. The average Bonchev–Trinajstić information content (AvgIpc) is 2.42. The minimum absolute atomic E-state index is 0.00265. The molecule has 0 amide bonds. The quantitative estimate of drug-likeness (QED) is 0.944. The first-order valence-corrected chi connectivity index (χ1v) is 7.26. The smallest absolute Gasteiger partial charge is 0.253 e. The Hall–Kier alpha value is -1.72. The summed E-state index contributed by atoms with van der Waals surface area (Å²) in [5.41, 5.74) is 0.554. The van der Waals surface area contributed by atoms with Gasteiger partial charge in [0.05, 0.1) is 29.7 Å². The van der Waals surface area contributed by atoms with E-state index >= 15 is 0 Å². The molecule has 2 rings (SSSR count). The van der Waals surface area contributed by atoms with Gasteiger partial charge in [0.2, 0.25) is 0 Å². The van der Waals surface area contributed by atoms with Crippen molar-refractivity contribution < 1.29 is 9.50 Å². The van der Waals surface area contributed by atoms with Crippen LogP contribution < -0.4 is 5.56 Å². The van der Waals surface area contributed by atoms with E-state index in [0.717, 1.165) is 6.07 Å². The van der Waals surface area contributed by atoms with E-state index in [1.165, 1.54) is 29.1 Å². The van der Waals surface area contributed by atoms with Crippen LogP contribution in [-0.2, 0) is 12.0 Å². The summed E-state index contributed by atoms with van der Waals surface area (Å²) < 4.78 is 14.7. The van der Waals surface area contributed by atoms with Crippen LogP contribution in [-0.4, -0.2) is 14.7 Å². The van der Waals surface area contributed by atoms with E-state index in [-0.39, 0.29) is 22.5 Å². The number of aromatic nitrogens is 2. The van der Waals surface area contributed by atoms with Crippen molar-refractivity contribution in [1.29, 1.82) is 0 Å². The lowest BCUT2D eigenvalue weighted by Crippen LogP contribution is -2.26. The van der Waals surface area contributed by atoms with Crippen LogP contribution in [0.1, 0.15) is 38.1 Å². The Kier molecular flexibility index (Phi) is 4.68. The second-order valence-electron chi connectivity index (χ2n) is 6.20. The molecule has 0 aliphatic heterocycles. The summed E-state index contributed by atoms with van der Waals surface area (Å²) in [5.74, 6) is -0.605. The van der Waals surface area contributed by atoms with Crippen LogP contribution in [0.3, 0.4) is 0 Å². The zero-order valence-electron chi connectivity index (χ0n) is 12.7. The van der Waals surface area contributed by atoms with Gasteiger partial charge in [-0.15, -0.1) is 0 Å². The number of halogens is 2. The molecule has 118 valence electrons. The van der Waals surface area contributed by atoms with Crippen molar-refractivity contribution in [3.05, 3.63) is 63.0 Å². The molecule has 0 fully saturated rings. The standard InChI is InChI=1S/C16H18ClFN2O2/c1-16(2,3)14-7-15(22)20(9-19-14)8-13(21)10-4-5-11(17)12(18)6-10/h4-7,9,13,21H,8H2,1-3H3. The molecule has 0 bridgehead atoms. The van der Waals surface area contributed by atoms with E-state index < -0.39 is 11.9 Å². The minimum atomic E-state index is -1.02. The van der Waals surface area contributed by atoms with Crippen molar-refractivity contribution in [1.82, 2.24) is 9.55 Å². The van der Waals surface area contributed by atoms with Gasteiger partial charge in [0, 0.05) is 11.5 Å². The summed E-state index contributed by atoms with van der Waals surface area (Å²) in [7, 11) is 0. The molecule has 1 unspecified atom stereocenters. The van der Waals surface area contributed by atoms with Crippen LogP contribution in [0.25, 0.3) is 0 Å². The molecule has 4 nitrogen and oxygen atoms in total. The Morgan fingerprint density at radius 2 is 2.05 bits per heavy atom. The van der Waals surface area contributed by atoms with Gasteiger partial charge in [0.1, 0.15) is 5.82 Å². The number of hydrogen-bond donors (Lipinski definition) is 1. The number of rotatable bonds is 3. The van der Waals surface area contributed by atoms with Crippen molar-refractivity contribution in [2.24, 2.45) is 0 Å². The van der Waals surface area contributed by atoms with Crippen molar-refractivity contribution in [2.45, 2.75) is 38.8 Å². The van der Waals surface area contributed by atoms with Gasteiger partial charge in [-0.25, -0.2) is 9.37 Å².